The number of aromatic hydroxyl groups is 1. The van der Waals surface area contributed by atoms with Gasteiger partial charge in [-0.2, -0.15) is 10.2 Å². The van der Waals surface area contributed by atoms with E-state index in [1.807, 2.05) is 0 Å². The van der Waals surface area contributed by atoms with E-state index in [0.29, 0.717) is 17.0 Å². The lowest BCUT2D eigenvalue weighted by atomic mass is 10.2. The summed E-state index contributed by atoms with van der Waals surface area (Å²) in [5.41, 5.74) is 5.59. The molecular formula is C15H16N4O3. The number of amides is 1. The van der Waals surface area contributed by atoms with Gasteiger partial charge in [-0.25, -0.2) is 5.43 Å². The first-order valence-corrected chi connectivity index (χ1v) is 6.95. The molecule has 114 valence electrons. The van der Waals surface area contributed by atoms with Gasteiger partial charge < -0.3 is 9.84 Å². The summed E-state index contributed by atoms with van der Waals surface area (Å²) in [4.78, 5) is 12.1. The van der Waals surface area contributed by atoms with Crippen LogP contribution in [-0.4, -0.2) is 34.5 Å². The molecule has 0 saturated carbocycles. The van der Waals surface area contributed by atoms with Crippen LogP contribution in [0, 0.1) is 0 Å². The van der Waals surface area contributed by atoms with Crippen LogP contribution in [0.1, 0.15) is 33.7 Å². The van der Waals surface area contributed by atoms with Crippen molar-refractivity contribution in [2.75, 3.05) is 7.11 Å². The predicted molar refractivity (Wildman–Crippen MR) is 80.3 cm³/mol. The van der Waals surface area contributed by atoms with E-state index in [9.17, 15) is 9.90 Å². The third-order valence-electron chi connectivity index (χ3n) is 3.60. The molecule has 0 aliphatic heterocycles. The number of phenols is 1. The van der Waals surface area contributed by atoms with E-state index >= 15 is 0 Å². The lowest BCUT2D eigenvalue weighted by Crippen LogP contribution is -2.19. The zero-order valence-corrected chi connectivity index (χ0v) is 12.1. The summed E-state index contributed by atoms with van der Waals surface area (Å²) in [6.07, 6.45) is 4.33. The Morgan fingerprint density at radius 2 is 2.36 bits per heavy atom. The lowest BCUT2D eigenvalue weighted by Gasteiger charge is -2.03. The number of ether oxygens (including phenoxy) is 1. The fourth-order valence-corrected chi connectivity index (χ4v) is 2.50. The van der Waals surface area contributed by atoms with Gasteiger partial charge >= 0.3 is 0 Å². The third-order valence-corrected chi connectivity index (χ3v) is 3.60. The van der Waals surface area contributed by atoms with Crippen molar-refractivity contribution in [3.8, 4) is 11.5 Å². The van der Waals surface area contributed by atoms with Crippen LogP contribution >= 0.6 is 0 Å². The number of aromatic nitrogens is 2. The van der Waals surface area contributed by atoms with Crippen molar-refractivity contribution in [3.63, 3.8) is 0 Å². The molecule has 1 amide bonds. The molecule has 1 aliphatic carbocycles. The molecule has 3 rings (SSSR count). The fraction of sp³-hybridized carbons (Fsp3) is 0.267. The SMILES string of the molecule is COc1cc(/C=N\NC(=O)c2n[nH]c3c2CCC3)ccc1O. The summed E-state index contributed by atoms with van der Waals surface area (Å²) in [5, 5.41) is 20.4. The van der Waals surface area contributed by atoms with Crippen LogP contribution in [0.25, 0.3) is 0 Å². The van der Waals surface area contributed by atoms with Crippen molar-refractivity contribution in [1.29, 1.82) is 0 Å². The Balaban J connectivity index is 1.68. The van der Waals surface area contributed by atoms with Crippen LogP contribution in [0.5, 0.6) is 11.5 Å². The standard InChI is InChI=1S/C15H16N4O3/c1-22-13-7-9(5-6-12(13)20)8-16-19-15(21)14-10-3-2-4-11(10)17-18-14/h5-8,20H,2-4H2,1H3,(H,17,18)(H,19,21)/b16-8-. The topological polar surface area (TPSA) is 99.6 Å². The molecule has 0 radical (unpaired) electrons. The van der Waals surface area contributed by atoms with Gasteiger partial charge in [-0.1, -0.05) is 0 Å². The smallest absolute Gasteiger partial charge is 0.292 e. The monoisotopic (exact) mass is 300 g/mol. The Labute approximate surface area is 127 Å². The van der Waals surface area contributed by atoms with Crippen LogP contribution in [0.3, 0.4) is 0 Å². The molecule has 2 aromatic rings. The summed E-state index contributed by atoms with van der Waals surface area (Å²) >= 11 is 0. The van der Waals surface area contributed by atoms with Gasteiger partial charge in [0, 0.05) is 11.3 Å². The summed E-state index contributed by atoms with van der Waals surface area (Å²) in [7, 11) is 1.47. The number of fused-ring (bicyclic) bond motifs is 1. The van der Waals surface area contributed by atoms with E-state index in [4.69, 9.17) is 4.74 Å². The lowest BCUT2D eigenvalue weighted by molar-refractivity contribution is 0.0949. The minimum absolute atomic E-state index is 0.0516. The second kappa shape index (κ2) is 5.88. The number of hydrogen-bond donors (Lipinski definition) is 3. The number of nitrogens with one attached hydrogen (secondary N) is 2. The molecular weight excluding hydrogens is 284 g/mol. The Morgan fingerprint density at radius 1 is 1.50 bits per heavy atom. The number of nitrogens with zero attached hydrogens (tertiary/aromatic N) is 2. The Morgan fingerprint density at radius 3 is 3.18 bits per heavy atom. The maximum atomic E-state index is 12.1. The molecule has 0 bridgehead atoms. The summed E-state index contributed by atoms with van der Waals surface area (Å²) in [6.45, 7) is 0. The highest BCUT2D eigenvalue weighted by Crippen LogP contribution is 2.25. The van der Waals surface area contributed by atoms with Crippen LogP contribution < -0.4 is 10.2 Å². The summed E-state index contributed by atoms with van der Waals surface area (Å²) in [5.74, 6) is 0.0672. The molecule has 7 heteroatoms. The minimum Gasteiger partial charge on any atom is -0.504 e. The minimum atomic E-state index is -0.332. The summed E-state index contributed by atoms with van der Waals surface area (Å²) in [6, 6.07) is 4.79. The van der Waals surface area contributed by atoms with Gasteiger partial charge in [0.2, 0.25) is 0 Å². The zero-order valence-electron chi connectivity index (χ0n) is 12.1. The van der Waals surface area contributed by atoms with Gasteiger partial charge in [0.1, 0.15) is 0 Å². The van der Waals surface area contributed by atoms with E-state index in [2.05, 4.69) is 20.7 Å². The molecule has 0 saturated heterocycles. The maximum Gasteiger partial charge on any atom is 0.292 e. The number of carbonyl (C=O) groups excluding carboxylic acids is 1. The quantitative estimate of drug-likeness (QED) is 0.586. The normalized spacial score (nSPS) is 13.3. The molecule has 0 atom stereocenters. The highest BCUT2D eigenvalue weighted by molar-refractivity contribution is 5.94. The predicted octanol–water partition coefficient (Wildman–Crippen LogP) is 1.38. The van der Waals surface area contributed by atoms with Gasteiger partial charge in [-0.15, -0.1) is 0 Å². The number of hydrogen-bond acceptors (Lipinski definition) is 5. The first-order valence-electron chi connectivity index (χ1n) is 6.95. The van der Waals surface area contributed by atoms with Crippen LogP contribution in [0.2, 0.25) is 0 Å². The molecule has 3 N–H and O–H groups in total. The summed E-state index contributed by atoms with van der Waals surface area (Å²) < 4.78 is 5.01. The molecule has 1 aromatic heterocycles. The Bertz CT molecular complexity index is 736. The fourth-order valence-electron chi connectivity index (χ4n) is 2.50. The number of methoxy groups -OCH3 is 1. The van der Waals surface area contributed by atoms with E-state index in [-0.39, 0.29) is 11.7 Å². The Kier molecular flexibility index (Phi) is 3.78. The van der Waals surface area contributed by atoms with Gasteiger partial charge in [0.15, 0.2) is 17.2 Å². The second-order valence-electron chi connectivity index (χ2n) is 5.01. The average Bonchev–Trinajstić information content (AvgIpc) is 3.11. The van der Waals surface area contributed by atoms with Crippen molar-refractivity contribution in [1.82, 2.24) is 15.6 Å². The number of phenolic OH excluding ortho intramolecular Hbond substituents is 1. The molecule has 7 nitrogen and oxygen atoms in total. The zero-order chi connectivity index (χ0) is 15.5. The van der Waals surface area contributed by atoms with Crippen molar-refractivity contribution in [2.24, 2.45) is 5.10 Å². The first kappa shape index (κ1) is 14.1. The van der Waals surface area contributed by atoms with E-state index < -0.39 is 0 Å². The molecule has 1 aliphatic rings. The molecule has 1 heterocycles. The molecule has 22 heavy (non-hydrogen) atoms. The Hall–Kier alpha value is -2.83. The van der Waals surface area contributed by atoms with Gasteiger partial charge in [-0.3, -0.25) is 9.89 Å². The number of rotatable bonds is 4. The number of aryl methyl sites for hydroxylation is 1. The first-order chi connectivity index (χ1) is 10.7. The molecule has 0 unspecified atom stereocenters. The van der Waals surface area contributed by atoms with Crippen molar-refractivity contribution in [2.45, 2.75) is 19.3 Å². The average molecular weight is 300 g/mol. The number of carbonyl (C=O) groups is 1. The van der Waals surface area contributed by atoms with Crippen molar-refractivity contribution in [3.05, 3.63) is 40.7 Å². The van der Waals surface area contributed by atoms with Crippen LogP contribution in [0.4, 0.5) is 0 Å². The van der Waals surface area contributed by atoms with E-state index in [0.717, 1.165) is 30.5 Å². The van der Waals surface area contributed by atoms with Gasteiger partial charge in [-0.05, 0) is 43.0 Å². The largest absolute Gasteiger partial charge is 0.504 e. The van der Waals surface area contributed by atoms with Crippen molar-refractivity contribution >= 4 is 12.1 Å². The molecule has 0 spiro atoms. The number of benzene rings is 1. The third kappa shape index (κ3) is 2.65. The molecule has 0 fully saturated rings. The number of hydrazone groups is 1. The van der Waals surface area contributed by atoms with Gasteiger partial charge in [0.05, 0.1) is 13.3 Å². The van der Waals surface area contributed by atoms with Crippen LogP contribution in [-0.2, 0) is 12.8 Å². The van der Waals surface area contributed by atoms with Crippen LogP contribution in [0.15, 0.2) is 23.3 Å². The maximum absolute atomic E-state index is 12.1. The van der Waals surface area contributed by atoms with E-state index in [1.54, 1.807) is 12.1 Å². The molecule has 1 aromatic carbocycles. The second-order valence-corrected chi connectivity index (χ2v) is 5.01. The number of aromatic amines is 1. The van der Waals surface area contributed by atoms with E-state index in [1.165, 1.54) is 19.4 Å². The highest BCUT2D eigenvalue weighted by Gasteiger charge is 2.22. The van der Waals surface area contributed by atoms with Crippen molar-refractivity contribution < 1.29 is 14.6 Å². The number of H-pyrrole nitrogens is 1. The highest BCUT2D eigenvalue weighted by atomic mass is 16.5. The van der Waals surface area contributed by atoms with Gasteiger partial charge in [0.25, 0.3) is 5.91 Å².